The molecule has 0 fully saturated rings. The number of primary amides is 1. The van der Waals surface area contributed by atoms with Gasteiger partial charge in [0, 0.05) is 6.54 Å². The lowest BCUT2D eigenvalue weighted by Crippen LogP contribution is -2.21. The number of furan rings is 1. The maximum Gasteiger partial charge on any atom is 0.316 e. The van der Waals surface area contributed by atoms with Crippen molar-refractivity contribution in [2.24, 2.45) is 5.73 Å². The van der Waals surface area contributed by atoms with Gasteiger partial charge in [-0.3, -0.25) is 14.2 Å². The maximum absolute atomic E-state index is 11.4. The lowest BCUT2D eigenvalue weighted by Gasteiger charge is -2.05. The van der Waals surface area contributed by atoms with E-state index in [0.29, 0.717) is 23.3 Å². The number of rotatable bonds is 7. The Bertz CT molecular complexity index is 623. The quantitative estimate of drug-likeness (QED) is 0.591. The van der Waals surface area contributed by atoms with Gasteiger partial charge in [-0.25, -0.2) is 0 Å². The lowest BCUT2D eigenvalue weighted by molar-refractivity contribution is -0.145. The molecule has 2 rings (SSSR count). The molecule has 8 nitrogen and oxygen atoms in total. The second-order valence-electron chi connectivity index (χ2n) is 3.94. The largest absolute Gasteiger partial charge is 0.461 e. The SMILES string of the molecule is CCn1c(SCC(=O)OCC(N)=O)nnc1-c1ccco1. The van der Waals surface area contributed by atoms with E-state index >= 15 is 0 Å². The Balaban J connectivity index is 2.01. The van der Waals surface area contributed by atoms with Crippen LogP contribution in [0.3, 0.4) is 0 Å². The monoisotopic (exact) mass is 310 g/mol. The van der Waals surface area contributed by atoms with Gasteiger partial charge in [0.15, 0.2) is 23.3 Å². The van der Waals surface area contributed by atoms with Crippen molar-refractivity contribution in [3.8, 4) is 11.6 Å². The van der Waals surface area contributed by atoms with Crippen LogP contribution in [0.5, 0.6) is 0 Å². The Morgan fingerprint density at radius 2 is 2.29 bits per heavy atom. The number of aromatic nitrogens is 3. The van der Waals surface area contributed by atoms with E-state index in [1.807, 2.05) is 11.5 Å². The minimum absolute atomic E-state index is 0.0174. The molecule has 0 spiro atoms. The van der Waals surface area contributed by atoms with Crippen molar-refractivity contribution >= 4 is 23.6 Å². The molecule has 0 aliphatic rings. The Hall–Kier alpha value is -2.29. The standard InChI is InChI=1S/C12H14N4O4S/c1-2-16-11(8-4-3-5-19-8)14-15-12(16)21-7-10(18)20-6-9(13)17/h3-5H,2,6-7H2,1H3,(H2,13,17). The van der Waals surface area contributed by atoms with E-state index in [9.17, 15) is 9.59 Å². The van der Waals surface area contributed by atoms with Gasteiger partial charge in [-0.15, -0.1) is 10.2 Å². The Labute approximate surface area is 124 Å². The smallest absolute Gasteiger partial charge is 0.316 e. The van der Waals surface area contributed by atoms with E-state index in [4.69, 9.17) is 10.2 Å². The predicted molar refractivity (Wildman–Crippen MR) is 74.3 cm³/mol. The predicted octanol–water partition coefficient (Wildman–Crippen LogP) is 0.679. The first-order chi connectivity index (χ1) is 10.1. The first-order valence-corrected chi connectivity index (χ1v) is 7.14. The summed E-state index contributed by atoms with van der Waals surface area (Å²) in [4.78, 5) is 21.9. The summed E-state index contributed by atoms with van der Waals surface area (Å²) >= 11 is 1.17. The topological polar surface area (TPSA) is 113 Å². The van der Waals surface area contributed by atoms with Crippen LogP contribution in [0.15, 0.2) is 28.0 Å². The van der Waals surface area contributed by atoms with E-state index in [1.165, 1.54) is 11.8 Å². The number of esters is 1. The second-order valence-corrected chi connectivity index (χ2v) is 4.89. The molecule has 21 heavy (non-hydrogen) atoms. The number of ether oxygens (including phenoxy) is 1. The molecular weight excluding hydrogens is 296 g/mol. The molecule has 0 aliphatic carbocycles. The number of carbonyl (C=O) groups is 2. The van der Waals surface area contributed by atoms with Crippen LogP contribution in [-0.4, -0.2) is 39.0 Å². The number of nitrogens with zero attached hydrogens (tertiary/aromatic N) is 3. The number of amides is 1. The Kier molecular flexibility index (Phi) is 4.99. The van der Waals surface area contributed by atoms with Gasteiger partial charge in [-0.2, -0.15) is 0 Å². The summed E-state index contributed by atoms with van der Waals surface area (Å²) in [6.07, 6.45) is 1.55. The molecule has 0 bridgehead atoms. The van der Waals surface area contributed by atoms with Crippen molar-refractivity contribution in [3.63, 3.8) is 0 Å². The molecule has 112 valence electrons. The van der Waals surface area contributed by atoms with Gasteiger partial charge in [0.2, 0.25) is 0 Å². The third kappa shape index (κ3) is 3.85. The maximum atomic E-state index is 11.4. The van der Waals surface area contributed by atoms with Crippen LogP contribution >= 0.6 is 11.8 Å². The third-order valence-electron chi connectivity index (χ3n) is 2.47. The average molecular weight is 310 g/mol. The Morgan fingerprint density at radius 1 is 1.48 bits per heavy atom. The summed E-state index contributed by atoms with van der Waals surface area (Å²) in [6.45, 7) is 2.14. The highest BCUT2D eigenvalue weighted by Gasteiger charge is 2.16. The molecule has 0 unspecified atom stereocenters. The molecule has 0 aromatic carbocycles. The second kappa shape index (κ2) is 6.93. The molecule has 2 heterocycles. The first-order valence-electron chi connectivity index (χ1n) is 6.15. The molecule has 0 atom stereocenters. The number of thioether (sulfide) groups is 1. The highest BCUT2D eigenvalue weighted by Crippen LogP contribution is 2.24. The van der Waals surface area contributed by atoms with Gasteiger partial charge in [0.25, 0.3) is 5.91 Å². The third-order valence-corrected chi connectivity index (χ3v) is 3.41. The highest BCUT2D eigenvalue weighted by atomic mass is 32.2. The van der Waals surface area contributed by atoms with Crippen molar-refractivity contribution in [2.75, 3.05) is 12.4 Å². The van der Waals surface area contributed by atoms with Gasteiger partial charge in [0.05, 0.1) is 12.0 Å². The normalized spacial score (nSPS) is 10.5. The zero-order valence-electron chi connectivity index (χ0n) is 11.3. The van der Waals surface area contributed by atoms with Crippen molar-refractivity contribution in [3.05, 3.63) is 18.4 Å². The highest BCUT2D eigenvalue weighted by molar-refractivity contribution is 7.99. The van der Waals surface area contributed by atoms with Gasteiger partial charge < -0.3 is 14.9 Å². The summed E-state index contributed by atoms with van der Waals surface area (Å²) in [7, 11) is 0. The van der Waals surface area contributed by atoms with Crippen LogP contribution in [0, 0.1) is 0 Å². The number of nitrogens with two attached hydrogens (primary N) is 1. The van der Waals surface area contributed by atoms with Crippen molar-refractivity contribution in [2.45, 2.75) is 18.6 Å². The number of carbonyl (C=O) groups excluding carboxylic acids is 2. The molecule has 1 amide bonds. The lowest BCUT2D eigenvalue weighted by atomic mass is 10.4. The van der Waals surface area contributed by atoms with Gasteiger partial charge in [0.1, 0.15) is 0 Å². The van der Waals surface area contributed by atoms with E-state index in [2.05, 4.69) is 14.9 Å². The molecule has 9 heteroatoms. The van der Waals surface area contributed by atoms with E-state index in [-0.39, 0.29) is 5.75 Å². The fourth-order valence-corrected chi connectivity index (χ4v) is 2.39. The number of hydrogen-bond acceptors (Lipinski definition) is 7. The van der Waals surface area contributed by atoms with Crippen LogP contribution in [0.1, 0.15) is 6.92 Å². The van der Waals surface area contributed by atoms with Crippen molar-refractivity contribution in [1.29, 1.82) is 0 Å². The Morgan fingerprint density at radius 3 is 2.90 bits per heavy atom. The first kappa shape index (κ1) is 15.1. The van der Waals surface area contributed by atoms with Gasteiger partial charge >= 0.3 is 5.97 Å². The van der Waals surface area contributed by atoms with Crippen LogP contribution in [-0.2, 0) is 20.9 Å². The summed E-state index contributed by atoms with van der Waals surface area (Å²) in [5, 5.41) is 8.65. The zero-order valence-corrected chi connectivity index (χ0v) is 12.1. The van der Waals surface area contributed by atoms with Crippen LogP contribution in [0.25, 0.3) is 11.6 Å². The van der Waals surface area contributed by atoms with Crippen LogP contribution in [0.4, 0.5) is 0 Å². The summed E-state index contributed by atoms with van der Waals surface area (Å²) in [5.41, 5.74) is 4.89. The van der Waals surface area contributed by atoms with E-state index < -0.39 is 18.5 Å². The summed E-state index contributed by atoms with van der Waals surface area (Å²) in [5.74, 6) is -0.0130. The fourth-order valence-electron chi connectivity index (χ4n) is 1.59. The molecular formula is C12H14N4O4S. The molecule has 0 radical (unpaired) electrons. The average Bonchev–Trinajstić information content (AvgIpc) is 3.10. The summed E-state index contributed by atoms with van der Waals surface area (Å²) < 4.78 is 11.8. The molecule has 2 N–H and O–H groups in total. The zero-order chi connectivity index (χ0) is 15.2. The molecule has 2 aromatic heterocycles. The molecule has 0 saturated heterocycles. The minimum Gasteiger partial charge on any atom is -0.461 e. The number of hydrogen-bond donors (Lipinski definition) is 1. The van der Waals surface area contributed by atoms with Gasteiger partial charge in [-0.05, 0) is 19.1 Å². The molecule has 0 aliphatic heterocycles. The summed E-state index contributed by atoms with van der Waals surface area (Å²) in [6, 6.07) is 3.55. The van der Waals surface area contributed by atoms with Crippen LogP contribution < -0.4 is 5.73 Å². The van der Waals surface area contributed by atoms with Crippen molar-refractivity contribution in [1.82, 2.24) is 14.8 Å². The van der Waals surface area contributed by atoms with E-state index in [1.54, 1.807) is 18.4 Å². The van der Waals surface area contributed by atoms with Gasteiger partial charge in [-0.1, -0.05) is 11.8 Å². The van der Waals surface area contributed by atoms with Crippen molar-refractivity contribution < 1.29 is 18.7 Å². The molecule has 2 aromatic rings. The van der Waals surface area contributed by atoms with Crippen LogP contribution in [0.2, 0.25) is 0 Å². The minimum atomic E-state index is -0.690. The molecule has 0 saturated carbocycles. The van der Waals surface area contributed by atoms with E-state index in [0.717, 1.165) is 0 Å². The fraction of sp³-hybridized carbons (Fsp3) is 0.333.